The predicted octanol–water partition coefficient (Wildman–Crippen LogP) is 2.82. The van der Waals surface area contributed by atoms with Crippen LogP contribution in [-0.2, 0) is 0 Å². The highest BCUT2D eigenvalue weighted by Gasteiger charge is 2.29. The van der Waals surface area contributed by atoms with Gasteiger partial charge in [-0.3, -0.25) is 9.69 Å². The molecular weight excluding hydrogens is 288 g/mol. The third-order valence-electron chi connectivity index (χ3n) is 4.43. The second kappa shape index (κ2) is 6.84. The van der Waals surface area contributed by atoms with E-state index >= 15 is 0 Å². The highest BCUT2D eigenvalue weighted by molar-refractivity contribution is 5.94. The number of methoxy groups -OCH3 is 1. The topological polar surface area (TPSA) is 32.8 Å². The number of amides is 1. The zero-order valence-corrected chi connectivity index (χ0v) is 13.6. The number of rotatable bonds is 3. The van der Waals surface area contributed by atoms with Gasteiger partial charge in [-0.2, -0.15) is 0 Å². The van der Waals surface area contributed by atoms with Gasteiger partial charge in [0, 0.05) is 25.2 Å². The van der Waals surface area contributed by atoms with Gasteiger partial charge in [-0.25, -0.2) is 0 Å². The maximum Gasteiger partial charge on any atom is 0.253 e. The summed E-state index contributed by atoms with van der Waals surface area (Å²) in [5.74, 6) is 0.953. The van der Waals surface area contributed by atoms with E-state index in [1.54, 1.807) is 7.11 Å². The summed E-state index contributed by atoms with van der Waals surface area (Å²) >= 11 is 0. The van der Waals surface area contributed by atoms with Gasteiger partial charge in [0.1, 0.15) is 5.75 Å². The largest absolute Gasteiger partial charge is 0.497 e. The average molecular weight is 310 g/mol. The monoisotopic (exact) mass is 310 g/mol. The van der Waals surface area contributed by atoms with Gasteiger partial charge in [-0.15, -0.1) is 0 Å². The number of carbonyl (C=O) groups excluding carboxylic acids is 1. The Labute approximate surface area is 137 Å². The molecule has 1 fully saturated rings. The number of benzene rings is 2. The minimum absolute atomic E-state index is 0.103. The molecule has 1 heterocycles. The third kappa shape index (κ3) is 3.37. The Hall–Kier alpha value is -2.33. The fraction of sp³-hybridized carbons (Fsp3) is 0.316. The lowest BCUT2D eigenvalue weighted by Crippen LogP contribution is -2.49. The Bertz CT molecular complexity index is 672. The van der Waals surface area contributed by atoms with Crippen LogP contribution < -0.4 is 4.74 Å². The van der Waals surface area contributed by atoms with Crippen molar-refractivity contribution >= 4 is 5.91 Å². The van der Waals surface area contributed by atoms with Crippen molar-refractivity contribution in [3.8, 4) is 5.75 Å². The van der Waals surface area contributed by atoms with E-state index in [0.717, 1.165) is 24.4 Å². The van der Waals surface area contributed by atoms with Crippen LogP contribution in [0.4, 0.5) is 0 Å². The van der Waals surface area contributed by atoms with E-state index in [-0.39, 0.29) is 11.9 Å². The van der Waals surface area contributed by atoms with E-state index in [0.29, 0.717) is 6.54 Å². The van der Waals surface area contributed by atoms with Crippen LogP contribution in [-0.4, -0.2) is 49.5 Å². The van der Waals surface area contributed by atoms with Crippen molar-refractivity contribution in [3.05, 3.63) is 65.7 Å². The summed E-state index contributed by atoms with van der Waals surface area (Å²) in [7, 11) is 3.78. The summed E-state index contributed by atoms with van der Waals surface area (Å²) in [5, 5.41) is 0. The van der Waals surface area contributed by atoms with Crippen LogP contribution in [0.1, 0.15) is 22.0 Å². The van der Waals surface area contributed by atoms with Gasteiger partial charge in [0.25, 0.3) is 5.91 Å². The molecule has 1 aliphatic rings. The quantitative estimate of drug-likeness (QED) is 0.874. The lowest BCUT2D eigenvalue weighted by molar-refractivity contribution is 0.0546. The van der Waals surface area contributed by atoms with Crippen LogP contribution in [0.15, 0.2) is 54.6 Å². The molecule has 0 radical (unpaired) electrons. The normalized spacial score (nSPS) is 18.7. The molecule has 0 saturated carbocycles. The first-order valence-electron chi connectivity index (χ1n) is 7.87. The van der Waals surface area contributed by atoms with Crippen molar-refractivity contribution < 1.29 is 9.53 Å². The molecule has 0 aliphatic carbocycles. The number of nitrogens with zero attached hydrogens (tertiary/aromatic N) is 2. The van der Waals surface area contributed by atoms with E-state index < -0.39 is 0 Å². The number of ether oxygens (including phenoxy) is 1. The summed E-state index contributed by atoms with van der Waals surface area (Å²) in [6, 6.07) is 17.8. The lowest BCUT2D eigenvalue weighted by atomic mass is 10.0. The average Bonchev–Trinajstić information content (AvgIpc) is 2.62. The van der Waals surface area contributed by atoms with Crippen molar-refractivity contribution in [1.82, 2.24) is 9.80 Å². The van der Waals surface area contributed by atoms with Gasteiger partial charge in [-0.1, -0.05) is 30.3 Å². The first-order valence-corrected chi connectivity index (χ1v) is 7.87. The van der Waals surface area contributed by atoms with Crippen molar-refractivity contribution in [2.75, 3.05) is 33.8 Å². The SMILES string of the molecule is COc1cccc(C2CN(C(=O)c3ccccc3)CCN2C)c1. The van der Waals surface area contributed by atoms with Gasteiger partial charge >= 0.3 is 0 Å². The molecule has 2 aromatic carbocycles. The van der Waals surface area contributed by atoms with Gasteiger partial charge in [0.2, 0.25) is 0 Å². The Morgan fingerprint density at radius 3 is 2.61 bits per heavy atom. The molecule has 0 aromatic heterocycles. The lowest BCUT2D eigenvalue weighted by Gasteiger charge is -2.39. The number of likely N-dealkylation sites (N-methyl/N-ethyl adjacent to an activating group) is 1. The molecule has 1 amide bonds. The van der Waals surface area contributed by atoms with Crippen LogP contribution in [0.3, 0.4) is 0 Å². The molecule has 1 unspecified atom stereocenters. The predicted molar refractivity (Wildman–Crippen MR) is 90.7 cm³/mol. The van der Waals surface area contributed by atoms with Crippen molar-refractivity contribution in [1.29, 1.82) is 0 Å². The smallest absolute Gasteiger partial charge is 0.253 e. The zero-order chi connectivity index (χ0) is 16.2. The van der Waals surface area contributed by atoms with E-state index in [2.05, 4.69) is 24.1 Å². The molecule has 1 atom stereocenters. The Morgan fingerprint density at radius 1 is 1.09 bits per heavy atom. The van der Waals surface area contributed by atoms with Gasteiger partial charge in [0.05, 0.1) is 13.2 Å². The Morgan fingerprint density at radius 2 is 1.87 bits per heavy atom. The molecule has 23 heavy (non-hydrogen) atoms. The maximum absolute atomic E-state index is 12.7. The van der Waals surface area contributed by atoms with E-state index in [1.807, 2.05) is 47.4 Å². The molecule has 4 heteroatoms. The van der Waals surface area contributed by atoms with Crippen molar-refractivity contribution in [2.45, 2.75) is 6.04 Å². The zero-order valence-electron chi connectivity index (χ0n) is 13.6. The molecule has 0 N–H and O–H groups in total. The molecular formula is C19H22N2O2. The highest BCUT2D eigenvalue weighted by Crippen LogP contribution is 2.27. The second-order valence-electron chi connectivity index (χ2n) is 5.89. The van der Waals surface area contributed by atoms with E-state index in [4.69, 9.17) is 4.74 Å². The van der Waals surface area contributed by atoms with Crippen molar-refractivity contribution in [3.63, 3.8) is 0 Å². The minimum atomic E-state index is 0.103. The molecule has 3 rings (SSSR count). The summed E-state index contributed by atoms with van der Waals surface area (Å²) in [6.45, 7) is 2.31. The molecule has 120 valence electrons. The third-order valence-corrected chi connectivity index (χ3v) is 4.43. The molecule has 0 bridgehead atoms. The molecule has 0 spiro atoms. The van der Waals surface area contributed by atoms with Crippen LogP contribution >= 0.6 is 0 Å². The summed E-state index contributed by atoms with van der Waals surface area (Å²) in [6.07, 6.45) is 0. The molecule has 1 aliphatic heterocycles. The minimum Gasteiger partial charge on any atom is -0.497 e. The first kappa shape index (κ1) is 15.6. The van der Waals surface area contributed by atoms with Crippen LogP contribution in [0.2, 0.25) is 0 Å². The summed E-state index contributed by atoms with van der Waals surface area (Å²) < 4.78 is 5.33. The van der Waals surface area contributed by atoms with Crippen LogP contribution in [0.25, 0.3) is 0 Å². The second-order valence-corrected chi connectivity index (χ2v) is 5.89. The number of hydrogen-bond acceptors (Lipinski definition) is 3. The number of hydrogen-bond donors (Lipinski definition) is 0. The molecule has 1 saturated heterocycles. The maximum atomic E-state index is 12.7. The molecule has 2 aromatic rings. The number of carbonyl (C=O) groups is 1. The van der Waals surface area contributed by atoms with Crippen molar-refractivity contribution in [2.24, 2.45) is 0 Å². The number of piperazine rings is 1. The summed E-state index contributed by atoms with van der Waals surface area (Å²) in [5.41, 5.74) is 1.93. The van der Waals surface area contributed by atoms with E-state index in [9.17, 15) is 4.79 Å². The van der Waals surface area contributed by atoms with Gasteiger partial charge in [0.15, 0.2) is 0 Å². The van der Waals surface area contributed by atoms with Gasteiger partial charge in [-0.05, 0) is 36.9 Å². The standard InChI is InChI=1S/C19H22N2O2/c1-20-11-12-21(19(22)15-7-4-3-5-8-15)14-18(20)16-9-6-10-17(13-16)23-2/h3-10,13,18H,11-12,14H2,1-2H3. The molecule has 4 nitrogen and oxygen atoms in total. The first-order chi connectivity index (χ1) is 11.2. The fourth-order valence-electron chi connectivity index (χ4n) is 3.03. The highest BCUT2D eigenvalue weighted by atomic mass is 16.5. The Balaban J connectivity index is 1.80. The van der Waals surface area contributed by atoms with Gasteiger partial charge < -0.3 is 9.64 Å². The van der Waals surface area contributed by atoms with E-state index in [1.165, 1.54) is 5.56 Å². The van der Waals surface area contributed by atoms with Crippen LogP contribution in [0, 0.1) is 0 Å². The summed E-state index contributed by atoms with van der Waals surface area (Å²) in [4.78, 5) is 16.9. The van der Waals surface area contributed by atoms with Crippen LogP contribution in [0.5, 0.6) is 5.75 Å². The Kier molecular flexibility index (Phi) is 4.63. The fourth-order valence-corrected chi connectivity index (χ4v) is 3.03.